The van der Waals surface area contributed by atoms with Gasteiger partial charge in [-0.3, -0.25) is 0 Å². The van der Waals surface area contributed by atoms with E-state index in [2.05, 4.69) is 72.9 Å². The van der Waals surface area contributed by atoms with Crippen LogP contribution < -0.4 is 31.8 Å². The molecule has 41 heavy (non-hydrogen) atoms. The molecule has 2 heterocycles. The van der Waals surface area contributed by atoms with Crippen LogP contribution in [0.3, 0.4) is 0 Å². The number of benzene rings is 3. The highest BCUT2D eigenvalue weighted by Gasteiger charge is 2.24. The summed E-state index contributed by atoms with van der Waals surface area (Å²) < 4.78 is 18.7. The molecule has 2 fully saturated rings. The third kappa shape index (κ3) is 10.3. The van der Waals surface area contributed by atoms with Crippen LogP contribution in [-0.4, -0.2) is 52.2 Å². The van der Waals surface area contributed by atoms with Crippen LogP contribution in [0.4, 0.5) is 0 Å². The van der Waals surface area contributed by atoms with Gasteiger partial charge in [-0.25, -0.2) is 0 Å². The van der Waals surface area contributed by atoms with Crippen LogP contribution in [0.2, 0.25) is 6.82 Å². The molecule has 2 N–H and O–H groups in total. The largest absolute Gasteiger partial charge is 0.457 e. The van der Waals surface area contributed by atoms with Crippen molar-refractivity contribution in [2.24, 2.45) is 0 Å². The summed E-state index contributed by atoms with van der Waals surface area (Å²) in [6.45, 7) is 15.8. The molecule has 2 aliphatic heterocycles. The minimum Gasteiger partial charge on any atom is -0.457 e. The van der Waals surface area contributed by atoms with Gasteiger partial charge in [-0.05, 0) is 86.4 Å². The van der Waals surface area contributed by atoms with Gasteiger partial charge < -0.3 is 24.7 Å². The second-order valence-corrected chi connectivity index (χ2v) is 10.4. The average molecular weight is 556 g/mol. The van der Waals surface area contributed by atoms with E-state index in [0.717, 1.165) is 42.1 Å². The number of aryl methyl sites for hydroxylation is 1. The lowest BCUT2D eigenvalue weighted by molar-refractivity contribution is 0.286. The van der Waals surface area contributed by atoms with Crippen molar-refractivity contribution in [1.29, 1.82) is 0 Å². The van der Waals surface area contributed by atoms with Crippen LogP contribution in [0, 0.1) is 6.92 Å². The molecule has 0 bridgehead atoms. The molecule has 3 aromatic rings. The molecule has 7 heteroatoms. The minimum absolute atomic E-state index is 0.0638. The highest BCUT2D eigenvalue weighted by molar-refractivity contribution is 6.80. The van der Waals surface area contributed by atoms with Gasteiger partial charge in [-0.2, -0.15) is 0 Å². The molecule has 0 amide bonds. The van der Waals surface area contributed by atoms with Gasteiger partial charge in [-0.1, -0.05) is 88.6 Å². The van der Waals surface area contributed by atoms with Crippen LogP contribution in [0.1, 0.15) is 58.9 Å². The number of rotatable bonds is 11. The molecule has 0 saturated carbocycles. The van der Waals surface area contributed by atoms with E-state index in [9.17, 15) is 0 Å². The fourth-order valence-corrected chi connectivity index (χ4v) is 5.15. The van der Waals surface area contributed by atoms with E-state index < -0.39 is 0 Å². The Hall–Kier alpha value is -2.57. The smallest absolute Gasteiger partial charge is 0.361 e. The summed E-state index contributed by atoms with van der Waals surface area (Å²) in [5.41, 5.74) is 4.72. The number of hydrogen-bond donors (Lipinski definition) is 2. The molecule has 0 aliphatic carbocycles. The van der Waals surface area contributed by atoms with Crippen LogP contribution in [-0.2, 0) is 9.31 Å². The lowest BCUT2D eigenvalue weighted by Gasteiger charge is -2.19. The molecule has 5 rings (SSSR count). The van der Waals surface area contributed by atoms with E-state index in [0.29, 0.717) is 18.7 Å². The van der Waals surface area contributed by atoms with Crippen LogP contribution in [0.5, 0.6) is 11.5 Å². The Morgan fingerprint density at radius 2 is 1.07 bits per heavy atom. The number of nitrogens with one attached hydrogen (secondary N) is 2. The monoisotopic (exact) mass is 556 g/mol. The second-order valence-electron chi connectivity index (χ2n) is 10.4. The number of ether oxygens (including phenoxy) is 1. The molecule has 5 nitrogen and oxygen atoms in total. The zero-order valence-corrected chi connectivity index (χ0v) is 26.1. The molecule has 0 radical (unpaired) electrons. The first-order chi connectivity index (χ1) is 20.1. The van der Waals surface area contributed by atoms with E-state index in [1.54, 1.807) is 0 Å². The molecule has 2 saturated heterocycles. The van der Waals surface area contributed by atoms with Crippen LogP contribution >= 0.6 is 0 Å². The predicted molar refractivity (Wildman–Crippen MR) is 177 cm³/mol. The van der Waals surface area contributed by atoms with Gasteiger partial charge in [-0.15, -0.1) is 0 Å². The second kappa shape index (κ2) is 18.1. The SMILES string of the molecule is CB(OCC1CCCN1)c1ccc(Oc2ccc(B(OCC3CCCN3)c3ccc(C)cc3)cc2)cc1.CC.CC. The van der Waals surface area contributed by atoms with Gasteiger partial charge >= 0.3 is 13.8 Å². The Morgan fingerprint density at radius 3 is 1.54 bits per heavy atom. The molecule has 2 aliphatic rings. The van der Waals surface area contributed by atoms with Crippen molar-refractivity contribution in [3.63, 3.8) is 0 Å². The quantitative estimate of drug-likeness (QED) is 0.314. The molecule has 3 aromatic carbocycles. The van der Waals surface area contributed by atoms with Crippen LogP contribution in [0.15, 0.2) is 72.8 Å². The lowest BCUT2D eigenvalue weighted by atomic mass is 9.55. The van der Waals surface area contributed by atoms with E-state index in [4.69, 9.17) is 14.0 Å². The van der Waals surface area contributed by atoms with Crippen molar-refractivity contribution < 1.29 is 14.0 Å². The molecule has 0 aromatic heterocycles. The summed E-state index contributed by atoms with van der Waals surface area (Å²) >= 11 is 0. The maximum atomic E-state index is 6.46. The van der Waals surface area contributed by atoms with Gasteiger partial charge in [0.1, 0.15) is 11.5 Å². The summed E-state index contributed by atoms with van der Waals surface area (Å²) in [5.74, 6) is 1.63. The Labute approximate surface area is 250 Å². The van der Waals surface area contributed by atoms with Crippen molar-refractivity contribution in [2.45, 2.75) is 79.2 Å². The molecule has 0 spiro atoms. The number of hydrogen-bond acceptors (Lipinski definition) is 5. The standard InChI is InChI=1S/C30H38B2N2O3.2C2H6/c1-23-7-9-25(10-8-23)32(36-22-28-6-4-20-34-28)26-13-17-30(18-14-26)37-29-15-11-24(12-16-29)31(2)35-21-27-5-3-19-33-27;2*1-2/h7-18,27-28,33-34H,3-6,19-22H2,1-2H3;2*1-2H3. The van der Waals surface area contributed by atoms with E-state index in [-0.39, 0.29) is 13.8 Å². The van der Waals surface area contributed by atoms with E-state index >= 15 is 0 Å². The van der Waals surface area contributed by atoms with Gasteiger partial charge in [0, 0.05) is 25.3 Å². The average Bonchev–Trinajstić information content (AvgIpc) is 3.75. The normalized spacial score (nSPS) is 17.6. The van der Waals surface area contributed by atoms with Crippen LogP contribution in [0.25, 0.3) is 0 Å². The maximum Gasteiger partial charge on any atom is 0.361 e. The molecule has 2 unspecified atom stereocenters. The van der Waals surface area contributed by atoms with Gasteiger partial charge in [0.15, 0.2) is 0 Å². The van der Waals surface area contributed by atoms with Crippen molar-refractivity contribution in [3.8, 4) is 11.5 Å². The highest BCUT2D eigenvalue weighted by Crippen LogP contribution is 2.20. The first-order valence-corrected chi connectivity index (χ1v) is 15.8. The summed E-state index contributed by atoms with van der Waals surface area (Å²) in [6, 6.07) is 26.1. The van der Waals surface area contributed by atoms with Gasteiger partial charge in [0.2, 0.25) is 0 Å². The fourth-order valence-electron chi connectivity index (χ4n) is 5.15. The third-order valence-corrected chi connectivity index (χ3v) is 7.48. The maximum absolute atomic E-state index is 6.46. The Morgan fingerprint density at radius 1 is 0.634 bits per heavy atom. The highest BCUT2D eigenvalue weighted by atomic mass is 16.5. The third-order valence-electron chi connectivity index (χ3n) is 7.48. The molecular weight excluding hydrogens is 506 g/mol. The van der Waals surface area contributed by atoms with E-state index in [1.807, 2.05) is 52.0 Å². The summed E-state index contributed by atoms with van der Waals surface area (Å²) in [5, 5.41) is 7.02. The Kier molecular flexibility index (Phi) is 14.5. The van der Waals surface area contributed by atoms with Crippen molar-refractivity contribution in [3.05, 3.63) is 78.4 Å². The molecular formula is C34H50B2N2O3. The fraction of sp³-hybridized carbons (Fsp3) is 0.471. The lowest BCUT2D eigenvalue weighted by Crippen LogP contribution is -2.47. The Balaban J connectivity index is 0.00000111. The first-order valence-electron chi connectivity index (χ1n) is 15.8. The van der Waals surface area contributed by atoms with Gasteiger partial charge in [0.05, 0.1) is 0 Å². The zero-order valence-electron chi connectivity index (χ0n) is 26.1. The predicted octanol–water partition coefficient (Wildman–Crippen LogP) is 5.31. The van der Waals surface area contributed by atoms with Gasteiger partial charge in [0.25, 0.3) is 0 Å². The minimum atomic E-state index is -0.0998. The summed E-state index contributed by atoms with van der Waals surface area (Å²) in [6.07, 6.45) is 4.84. The summed E-state index contributed by atoms with van der Waals surface area (Å²) in [4.78, 5) is 0. The topological polar surface area (TPSA) is 51.8 Å². The zero-order chi connectivity index (χ0) is 29.5. The van der Waals surface area contributed by atoms with Crippen molar-refractivity contribution >= 4 is 30.2 Å². The van der Waals surface area contributed by atoms with E-state index in [1.165, 1.54) is 36.7 Å². The Bertz CT molecular complexity index is 1100. The summed E-state index contributed by atoms with van der Waals surface area (Å²) in [7, 11) is 0. The molecule has 220 valence electrons. The molecule has 2 atom stereocenters. The van der Waals surface area contributed by atoms with Crippen molar-refractivity contribution in [1.82, 2.24) is 10.6 Å². The first kappa shape index (κ1) is 32.9. The van der Waals surface area contributed by atoms with Crippen molar-refractivity contribution in [2.75, 3.05) is 26.3 Å².